The van der Waals surface area contributed by atoms with Crippen molar-refractivity contribution in [1.82, 2.24) is 15.5 Å². The van der Waals surface area contributed by atoms with Gasteiger partial charge in [-0.05, 0) is 12.0 Å². The number of benzene rings is 1. The highest BCUT2D eigenvalue weighted by molar-refractivity contribution is 7.91. The number of carbonyl (C=O) groups is 2. The molecule has 150 valence electrons. The molecule has 0 spiro atoms. The zero-order chi connectivity index (χ0) is 18.7. The molecule has 1 unspecified atom stereocenters. The summed E-state index contributed by atoms with van der Waals surface area (Å²) in [7, 11) is -3.08. The van der Waals surface area contributed by atoms with E-state index >= 15 is 0 Å². The van der Waals surface area contributed by atoms with Crippen molar-refractivity contribution in [1.29, 1.82) is 0 Å². The zero-order valence-electron chi connectivity index (χ0n) is 14.8. The van der Waals surface area contributed by atoms with E-state index in [0.29, 0.717) is 19.5 Å². The quantitative estimate of drug-likeness (QED) is 0.627. The molecule has 10 heteroatoms. The number of likely N-dealkylation sites (tertiary alicyclic amines) is 1. The molecule has 0 saturated carbocycles. The number of imide groups is 1. The SMILES string of the molecule is Cl.N[C@@H]1CN(CC(=O)NC(=O)NC2CCS(=O)(=O)C2)C[C@H]1c1ccccc1. The Labute approximate surface area is 165 Å². The van der Waals surface area contributed by atoms with Crippen molar-refractivity contribution in [2.24, 2.45) is 5.73 Å². The maximum atomic E-state index is 12.1. The van der Waals surface area contributed by atoms with Crippen LogP contribution in [0.1, 0.15) is 17.9 Å². The molecular formula is C17H25ClN4O4S. The fraction of sp³-hybridized carbons (Fsp3) is 0.529. The van der Waals surface area contributed by atoms with E-state index in [4.69, 9.17) is 5.73 Å². The van der Waals surface area contributed by atoms with Gasteiger partial charge in [0.15, 0.2) is 9.84 Å². The number of rotatable bonds is 4. The Morgan fingerprint density at radius 1 is 1.19 bits per heavy atom. The molecule has 27 heavy (non-hydrogen) atoms. The molecule has 1 aromatic carbocycles. The lowest BCUT2D eigenvalue weighted by Gasteiger charge is -2.16. The Morgan fingerprint density at radius 2 is 1.89 bits per heavy atom. The minimum atomic E-state index is -3.08. The van der Waals surface area contributed by atoms with Gasteiger partial charge in [0.05, 0.1) is 18.1 Å². The van der Waals surface area contributed by atoms with Crippen LogP contribution in [-0.4, -0.2) is 68.5 Å². The predicted molar refractivity (Wildman–Crippen MR) is 105 cm³/mol. The Kier molecular flexibility index (Phi) is 7.21. The van der Waals surface area contributed by atoms with Gasteiger partial charge < -0.3 is 11.1 Å². The predicted octanol–water partition coefficient (Wildman–Crippen LogP) is -0.152. The molecule has 2 aliphatic heterocycles. The lowest BCUT2D eigenvalue weighted by molar-refractivity contribution is -0.120. The molecule has 0 radical (unpaired) electrons. The van der Waals surface area contributed by atoms with E-state index < -0.39 is 27.8 Å². The number of hydrogen-bond donors (Lipinski definition) is 3. The molecule has 2 saturated heterocycles. The highest BCUT2D eigenvalue weighted by Gasteiger charge is 2.33. The van der Waals surface area contributed by atoms with Crippen molar-refractivity contribution < 1.29 is 18.0 Å². The molecule has 0 aromatic heterocycles. The molecule has 2 fully saturated rings. The normalized spacial score (nSPS) is 26.9. The molecule has 3 atom stereocenters. The van der Waals surface area contributed by atoms with Crippen LogP contribution in [-0.2, 0) is 14.6 Å². The van der Waals surface area contributed by atoms with Crippen LogP contribution >= 0.6 is 12.4 Å². The lowest BCUT2D eigenvalue weighted by Crippen LogP contribution is -2.47. The summed E-state index contributed by atoms with van der Waals surface area (Å²) in [4.78, 5) is 25.9. The summed E-state index contributed by atoms with van der Waals surface area (Å²) in [6, 6.07) is 8.77. The monoisotopic (exact) mass is 416 g/mol. The second-order valence-corrected chi connectivity index (χ2v) is 9.23. The van der Waals surface area contributed by atoms with Crippen LogP contribution < -0.4 is 16.4 Å². The van der Waals surface area contributed by atoms with Gasteiger partial charge >= 0.3 is 6.03 Å². The largest absolute Gasteiger partial charge is 0.334 e. The first kappa shape index (κ1) is 21.6. The number of amides is 3. The third-order valence-corrected chi connectivity index (χ3v) is 6.62. The van der Waals surface area contributed by atoms with Crippen LogP contribution in [0.25, 0.3) is 0 Å². The van der Waals surface area contributed by atoms with E-state index in [2.05, 4.69) is 10.6 Å². The molecule has 3 amide bonds. The third kappa shape index (κ3) is 5.90. The summed E-state index contributed by atoms with van der Waals surface area (Å²) >= 11 is 0. The minimum Gasteiger partial charge on any atom is -0.334 e. The Bertz CT molecular complexity index is 774. The van der Waals surface area contributed by atoms with Crippen molar-refractivity contribution in [3.63, 3.8) is 0 Å². The molecule has 4 N–H and O–H groups in total. The van der Waals surface area contributed by atoms with Gasteiger partial charge in [0, 0.05) is 31.1 Å². The number of nitrogens with one attached hydrogen (secondary N) is 2. The fourth-order valence-electron chi connectivity index (χ4n) is 3.59. The van der Waals surface area contributed by atoms with Crippen molar-refractivity contribution in [2.45, 2.75) is 24.4 Å². The van der Waals surface area contributed by atoms with Crippen molar-refractivity contribution in [3.05, 3.63) is 35.9 Å². The van der Waals surface area contributed by atoms with Gasteiger partial charge in [0.25, 0.3) is 0 Å². The first-order valence-electron chi connectivity index (χ1n) is 8.66. The average Bonchev–Trinajstić information content (AvgIpc) is 3.09. The van der Waals surface area contributed by atoms with Crippen LogP contribution in [0.4, 0.5) is 4.79 Å². The van der Waals surface area contributed by atoms with E-state index in [-0.39, 0.29) is 42.4 Å². The summed E-state index contributed by atoms with van der Waals surface area (Å²) in [6.45, 7) is 1.31. The Balaban J connectivity index is 0.00000261. The maximum Gasteiger partial charge on any atom is 0.321 e. The average molecular weight is 417 g/mol. The molecule has 2 aliphatic rings. The second kappa shape index (κ2) is 9.01. The van der Waals surface area contributed by atoms with Gasteiger partial charge in [-0.15, -0.1) is 12.4 Å². The number of nitrogens with zero attached hydrogens (tertiary/aromatic N) is 1. The van der Waals surface area contributed by atoms with E-state index in [1.165, 1.54) is 0 Å². The lowest BCUT2D eigenvalue weighted by atomic mass is 9.95. The van der Waals surface area contributed by atoms with Gasteiger partial charge in [0.2, 0.25) is 5.91 Å². The van der Waals surface area contributed by atoms with E-state index in [0.717, 1.165) is 5.56 Å². The molecule has 3 rings (SSSR count). The summed E-state index contributed by atoms with van der Waals surface area (Å²) < 4.78 is 22.8. The van der Waals surface area contributed by atoms with Crippen LogP contribution in [0.15, 0.2) is 30.3 Å². The molecular weight excluding hydrogens is 392 g/mol. The van der Waals surface area contributed by atoms with E-state index in [1.54, 1.807) is 0 Å². The number of carbonyl (C=O) groups excluding carboxylic acids is 2. The Morgan fingerprint density at radius 3 is 2.52 bits per heavy atom. The number of halogens is 1. The van der Waals surface area contributed by atoms with Crippen LogP contribution in [0.3, 0.4) is 0 Å². The zero-order valence-corrected chi connectivity index (χ0v) is 16.5. The number of nitrogens with two attached hydrogens (primary N) is 1. The maximum absolute atomic E-state index is 12.1. The van der Waals surface area contributed by atoms with Gasteiger partial charge in [-0.1, -0.05) is 30.3 Å². The molecule has 1 aromatic rings. The molecule has 0 aliphatic carbocycles. The number of hydrogen-bond acceptors (Lipinski definition) is 6. The molecule has 0 bridgehead atoms. The van der Waals surface area contributed by atoms with Crippen LogP contribution in [0.2, 0.25) is 0 Å². The van der Waals surface area contributed by atoms with Gasteiger partial charge in [-0.25, -0.2) is 13.2 Å². The highest BCUT2D eigenvalue weighted by Crippen LogP contribution is 2.25. The van der Waals surface area contributed by atoms with E-state index in [9.17, 15) is 18.0 Å². The van der Waals surface area contributed by atoms with Crippen LogP contribution in [0.5, 0.6) is 0 Å². The first-order valence-corrected chi connectivity index (χ1v) is 10.5. The molecule has 8 nitrogen and oxygen atoms in total. The first-order chi connectivity index (χ1) is 12.3. The smallest absolute Gasteiger partial charge is 0.321 e. The summed E-state index contributed by atoms with van der Waals surface area (Å²) in [5.74, 6) is -0.280. The molecule has 2 heterocycles. The Hall–Kier alpha value is -1.68. The topological polar surface area (TPSA) is 122 Å². The fourth-order valence-corrected chi connectivity index (χ4v) is 5.27. The van der Waals surface area contributed by atoms with Crippen LogP contribution in [0, 0.1) is 0 Å². The van der Waals surface area contributed by atoms with Crippen molar-refractivity contribution >= 4 is 34.2 Å². The summed E-state index contributed by atoms with van der Waals surface area (Å²) in [5, 5.41) is 4.80. The minimum absolute atomic E-state index is 0. The van der Waals surface area contributed by atoms with Gasteiger partial charge in [-0.2, -0.15) is 0 Å². The highest BCUT2D eigenvalue weighted by atomic mass is 35.5. The third-order valence-electron chi connectivity index (χ3n) is 4.86. The summed E-state index contributed by atoms with van der Waals surface area (Å²) in [6.07, 6.45) is 0.379. The van der Waals surface area contributed by atoms with Crippen molar-refractivity contribution in [3.8, 4) is 0 Å². The standard InChI is InChI=1S/C17H24N4O4S.ClH/c18-15-9-21(8-14(15)12-4-2-1-3-5-12)10-16(22)20-17(23)19-13-6-7-26(24,25)11-13;/h1-5,13-15H,6-11,18H2,(H2,19,20,22,23);1H/t13?,14-,15+;/m0./s1. The summed E-state index contributed by atoms with van der Waals surface area (Å²) in [5.41, 5.74) is 7.34. The van der Waals surface area contributed by atoms with E-state index in [1.807, 2.05) is 35.2 Å². The number of sulfone groups is 1. The second-order valence-electron chi connectivity index (χ2n) is 7.00. The van der Waals surface area contributed by atoms with Crippen molar-refractivity contribution in [2.75, 3.05) is 31.1 Å². The van der Waals surface area contributed by atoms with Gasteiger partial charge in [-0.3, -0.25) is 15.0 Å². The van der Waals surface area contributed by atoms with Gasteiger partial charge in [0.1, 0.15) is 0 Å². The number of urea groups is 1.